The lowest BCUT2D eigenvalue weighted by Crippen LogP contribution is -2.17. The zero-order valence-corrected chi connectivity index (χ0v) is 14.7. The standard InChI is InChI=1S/C15H22N4O2S/c1-7-19-10(3)12(9(2)17-19)8-18(5)15-16-13(11(4)22-15)14(20)21-6/h7-8H2,1-6H3. The molecule has 0 aliphatic carbocycles. The fraction of sp³-hybridized carbons (Fsp3) is 0.533. The average molecular weight is 322 g/mol. The van der Waals surface area contributed by atoms with Gasteiger partial charge >= 0.3 is 5.97 Å². The van der Waals surface area contributed by atoms with Crippen molar-refractivity contribution < 1.29 is 9.53 Å². The molecule has 7 heteroatoms. The predicted molar refractivity (Wildman–Crippen MR) is 87.7 cm³/mol. The van der Waals surface area contributed by atoms with Gasteiger partial charge in [-0.3, -0.25) is 4.68 Å². The molecule has 0 aromatic carbocycles. The number of ether oxygens (including phenoxy) is 1. The lowest BCUT2D eigenvalue weighted by Gasteiger charge is -2.16. The van der Waals surface area contributed by atoms with E-state index in [4.69, 9.17) is 4.74 Å². The molecule has 0 atom stereocenters. The van der Waals surface area contributed by atoms with Crippen LogP contribution in [0.1, 0.15) is 39.2 Å². The third-order valence-electron chi connectivity index (χ3n) is 3.72. The second-order valence-corrected chi connectivity index (χ2v) is 6.40. The minimum absolute atomic E-state index is 0.389. The molecule has 2 aromatic rings. The van der Waals surface area contributed by atoms with Crippen molar-refractivity contribution >= 4 is 22.4 Å². The molecule has 22 heavy (non-hydrogen) atoms. The van der Waals surface area contributed by atoms with Crippen molar-refractivity contribution in [2.75, 3.05) is 19.1 Å². The molecule has 0 radical (unpaired) electrons. The number of thiazole rings is 1. The second-order valence-electron chi connectivity index (χ2n) is 5.21. The fourth-order valence-corrected chi connectivity index (χ4v) is 3.26. The van der Waals surface area contributed by atoms with Gasteiger partial charge in [0.2, 0.25) is 0 Å². The summed E-state index contributed by atoms with van der Waals surface area (Å²) in [7, 11) is 3.35. The van der Waals surface area contributed by atoms with Crippen molar-refractivity contribution in [1.82, 2.24) is 14.8 Å². The van der Waals surface area contributed by atoms with E-state index in [0.717, 1.165) is 22.2 Å². The zero-order chi connectivity index (χ0) is 16.4. The summed E-state index contributed by atoms with van der Waals surface area (Å²) >= 11 is 1.50. The largest absolute Gasteiger partial charge is 0.464 e. The monoisotopic (exact) mass is 322 g/mol. The van der Waals surface area contributed by atoms with Crippen LogP contribution in [0.15, 0.2) is 0 Å². The van der Waals surface area contributed by atoms with Gasteiger partial charge < -0.3 is 9.64 Å². The highest BCUT2D eigenvalue weighted by molar-refractivity contribution is 7.15. The SMILES string of the molecule is CCn1nc(C)c(CN(C)c2nc(C(=O)OC)c(C)s2)c1C. The number of esters is 1. The third kappa shape index (κ3) is 2.99. The van der Waals surface area contributed by atoms with Crippen LogP contribution in [-0.4, -0.2) is 34.9 Å². The molecule has 0 saturated heterocycles. The van der Waals surface area contributed by atoms with Gasteiger partial charge in [0.15, 0.2) is 10.8 Å². The Morgan fingerprint density at radius 3 is 2.59 bits per heavy atom. The predicted octanol–water partition coefficient (Wildman–Crippen LogP) is 2.71. The highest BCUT2D eigenvalue weighted by Crippen LogP contribution is 2.27. The van der Waals surface area contributed by atoms with E-state index in [1.54, 1.807) is 0 Å². The molecule has 0 N–H and O–H groups in total. The highest BCUT2D eigenvalue weighted by atomic mass is 32.1. The van der Waals surface area contributed by atoms with E-state index in [2.05, 4.69) is 23.9 Å². The third-order valence-corrected chi connectivity index (χ3v) is 4.80. The molecule has 2 rings (SSSR count). The molecule has 120 valence electrons. The van der Waals surface area contributed by atoms with E-state index in [9.17, 15) is 4.79 Å². The number of carbonyl (C=O) groups is 1. The Hall–Kier alpha value is -1.89. The number of hydrogen-bond acceptors (Lipinski definition) is 6. The minimum Gasteiger partial charge on any atom is -0.464 e. The minimum atomic E-state index is -0.389. The van der Waals surface area contributed by atoms with Crippen molar-refractivity contribution in [1.29, 1.82) is 0 Å². The van der Waals surface area contributed by atoms with E-state index >= 15 is 0 Å². The van der Waals surface area contributed by atoms with E-state index in [1.165, 1.54) is 29.7 Å². The first-order valence-electron chi connectivity index (χ1n) is 7.18. The zero-order valence-electron chi connectivity index (χ0n) is 13.9. The Balaban J connectivity index is 2.25. The molecule has 0 amide bonds. The van der Waals surface area contributed by atoms with Gasteiger partial charge in [-0.15, -0.1) is 11.3 Å². The maximum Gasteiger partial charge on any atom is 0.357 e. The van der Waals surface area contributed by atoms with Crippen molar-refractivity contribution in [3.63, 3.8) is 0 Å². The fourth-order valence-electron chi connectivity index (χ4n) is 2.41. The van der Waals surface area contributed by atoms with Crippen LogP contribution in [0.4, 0.5) is 5.13 Å². The molecule has 2 heterocycles. The Morgan fingerprint density at radius 2 is 2.05 bits per heavy atom. The summed E-state index contributed by atoms with van der Waals surface area (Å²) < 4.78 is 6.76. The van der Waals surface area contributed by atoms with Gasteiger partial charge in [0, 0.05) is 36.3 Å². The van der Waals surface area contributed by atoms with E-state index in [1.807, 2.05) is 30.5 Å². The van der Waals surface area contributed by atoms with Crippen molar-refractivity contribution in [3.05, 3.63) is 27.5 Å². The lowest BCUT2D eigenvalue weighted by atomic mass is 10.2. The van der Waals surface area contributed by atoms with Gasteiger partial charge in [0.25, 0.3) is 0 Å². The second kappa shape index (κ2) is 6.48. The molecular weight excluding hydrogens is 300 g/mol. The summed E-state index contributed by atoms with van der Waals surface area (Å²) in [5.41, 5.74) is 3.81. The first kappa shape index (κ1) is 16.5. The molecule has 2 aromatic heterocycles. The average Bonchev–Trinajstić information content (AvgIpc) is 3.01. The molecule has 0 saturated carbocycles. The molecular formula is C15H22N4O2S. The number of anilines is 1. The van der Waals surface area contributed by atoms with Gasteiger partial charge in [-0.2, -0.15) is 5.10 Å². The Labute approximate surface area is 134 Å². The number of methoxy groups -OCH3 is 1. The van der Waals surface area contributed by atoms with Crippen LogP contribution in [0.3, 0.4) is 0 Å². The molecule has 0 bridgehead atoms. The number of rotatable bonds is 5. The number of aryl methyl sites for hydroxylation is 3. The summed E-state index contributed by atoms with van der Waals surface area (Å²) in [5.74, 6) is -0.389. The molecule has 0 aliphatic rings. The number of hydrogen-bond donors (Lipinski definition) is 0. The summed E-state index contributed by atoms with van der Waals surface area (Å²) in [6.45, 7) is 9.64. The molecule has 0 spiro atoms. The summed E-state index contributed by atoms with van der Waals surface area (Å²) in [6, 6.07) is 0. The first-order chi connectivity index (χ1) is 10.4. The van der Waals surface area contributed by atoms with Gasteiger partial charge in [-0.25, -0.2) is 9.78 Å². The first-order valence-corrected chi connectivity index (χ1v) is 8.00. The van der Waals surface area contributed by atoms with Crippen LogP contribution in [0.25, 0.3) is 0 Å². The van der Waals surface area contributed by atoms with Crippen molar-refractivity contribution in [2.45, 2.75) is 40.8 Å². The van der Waals surface area contributed by atoms with Crippen LogP contribution < -0.4 is 4.90 Å². The number of carbonyl (C=O) groups excluding carboxylic acids is 1. The molecule has 6 nitrogen and oxygen atoms in total. The molecule has 0 fully saturated rings. The smallest absolute Gasteiger partial charge is 0.357 e. The maximum absolute atomic E-state index is 11.7. The topological polar surface area (TPSA) is 60.2 Å². The lowest BCUT2D eigenvalue weighted by molar-refractivity contribution is 0.0594. The normalized spacial score (nSPS) is 10.8. The summed E-state index contributed by atoms with van der Waals surface area (Å²) in [6.07, 6.45) is 0. The van der Waals surface area contributed by atoms with Crippen LogP contribution >= 0.6 is 11.3 Å². The molecule has 0 aliphatic heterocycles. The van der Waals surface area contributed by atoms with E-state index < -0.39 is 0 Å². The number of nitrogens with zero attached hydrogens (tertiary/aromatic N) is 4. The Bertz CT molecular complexity index is 690. The Morgan fingerprint density at radius 1 is 1.36 bits per heavy atom. The van der Waals surface area contributed by atoms with Crippen LogP contribution in [0, 0.1) is 20.8 Å². The quantitative estimate of drug-likeness (QED) is 0.792. The van der Waals surface area contributed by atoms with Crippen LogP contribution in [0.2, 0.25) is 0 Å². The molecule has 0 unspecified atom stereocenters. The summed E-state index contributed by atoms with van der Waals surface area (Å²) in [5, 5.41) is 5.34. The summed E-state index contributed by atoms with van der Waals surface area (Å²) in [4.78, 5) is 19.0. The van der Waals surface area contributed by atoms with Gasteiger partial charge in [-0.1, -0.05) is 0 Å². The van der Waals surface area contributed by atoms with Gasteiger partial charge in [0.05, 0.1) is 12.8 Å². The maximum atomic E-state index is 11.7. The highest BCUT2D eigenvalue weighted by Gasteiger charge is 2.19. The van der Waals surface area contributed by atoms with Crippen molar-refractivity contribution in [2.24, 2.45) is 0 Å². The van der Waals surface area contributed by atoms with Crippen LogP contribution in [0.5, 0.6) is 0 Å². The van der Waals surface area contributed by atoms with E-state index in [0.29, 0.717) is 12.2 Å². The van der Waals surface area contributed by atoms with Crippen molar-refractivity contribution in [3.8, 4) is 0 Å². The van der Waals surface area contributed by atoms with Crippen LogP contribution in [-0.2, 0) is 17.8 Å². The van der Waals surface area contributed by atoms with E-state index in [-0.39, 0.29) is 5.97 Å². The van der Waals surface area contributed by atoms with Gasteiger partial charge in [-0.05, 0) is 27.7 Å². The Kier molecular flexibility index (Phi) is 4.85. The van der Waals surface area contributed by atoms with Gasteiger partial charge in [0.1, 0.15) is 0 Å². The number of aromatic nitrogens is 3.